The second kappa shape index (κ2) is 4.47. The minimum Gasteiger partial charge on any atom is -0.340 e. The normalized spacial score (nSPS) is 17.5. The summed E-state index contributed by atoms with van der Waals surface area (Å²) in [6, 6.07) is 0. The highest BCUT2D eigenvalue weighted by Crippen LogP contribution is 2.12. The lowest BCUT2D eigenvalue weighted by atomic mass is 10.2. The third kappa shape index (κ3) is 2.37. The Balaban J connectivity index is 2.06. The van der Waals surface area contributed by atoms with Crippen molar-refractivity contribution < 1.29 is 4.79 Å². The number of aromatic nitrogens is 2. The Bertz CT molecular complexity index is 337. The Labute approximate surface area is 89.9 Å². The van der Waals surface area contributed by atoms with Gasteiger partial charge in [-0.3, -0.25) is 4.79 Å². The fourth-order valence-electron chi connectivity index (χ4n) is 1.96. The molecule has 1 aliphatic heterocycles. The summed E-state index contributed by atoms with van der Waals surface area (Å²) in [6.07, 6.45) is 8.19. The second-order valence-corrected chi connectivity index (χ2v) is 4.13. The molecule has 1 aromatic rings. The number of imidazole rings is 1. The molecule has 0 N–H and O–H groups in total. The summed E-state index contributed by atoms with van der Waals surface area (Å²) in [5, 5.41) is 0. The van der Waals surface area contributed by atoms with Crippen LogP contribution in [0.25, 0.3) is 0 Å². The summed E-state index contributed by atoms with van der Waals surface area (Å²) in [6.45, 7) is 1.77. The minimum absolute atomic E-state index is 0.0810. The molecule has 1 amide bonds. The van der Waals surface area contributed by atoms with E-state index in [-0.39, 0.29) is 5.91 Å². The lowest BCUT2D eigenvalue weighted by Crippen LogP contribution is -2.32. The number of hydrogen-bond donors (Lipinski definition) is 0. The van der Waals surface area contributed by atoms with E-state index in [0.29, 0.717) is 5.69 Å². The first-order valence-electron chi connectivity index (χ1n) is 5.54. The number of nitrogens with zero attached hydrogens (tertiary/aromatic N) is 3. The van der Waals surface area contributed by atoms with Crippen LogP contribution in [0.4, 0.5) is 0 Å². The molecule has 1 aromatic heterocycles. The highest BCUT2D eigenvalue weighted by molar-refractivity contribution is 5.92. The van der Waals surface area contributed by atoms with Gasteiger partial charge in [0.2, 0.25) is 0 Å². The summed E-state index contributed by atoms with van der Waals surface area (Å²) in [5.41, 5.74) is 0.569. The monoisotopic (exact) mass is 207 g/mol. The van der Waals surface area contributed by atoms with E-state index in [4.69, 9.17) is 0 Å². The van der Waals surface area contributed by atoms with Gasteiger partial charge >= 0.3 is 0 Å². The van der Waals surface area contributed by atoms with Gasteiger partial charge in [-0.1, -0.05) is 12.8 Å². The van der Waals surface area contributed by atoms with Crippen molar-refractivity contribution in [2.45, 2.75) is 25.7 Å². The molecule has 0 atom stereocenters. The van der Waals surface area contributed by atoms with E-state index < -0.39 is 0 Å². The van der Waals surface area contributed by atoms with E-state index in [1.54, 1.807) is 12.5 Å². The predicted molar refractivity (Wildman–Crippen MR) is 57.6 cm³/mol. The molecule has 0 aliphatic carbocycles. The van der Waals surface area contributed by atoms with Crippen LogP contribution in [-0.2, 0) is 7.05 Å². The minimum atomic E-state index is 0.0810. The molecular formula is C11H17N3O. The molecule has 4 heteroatoms. The van der Waals surface area contributed by atoms with Gasteiger partial charge in [0, 0.05) is 26.3 Å². The maximum atomic E-state index is 12.0. The number of carbonyl (C=O) groups is 1. The molecule has 1 fully saturated rings. The van der Waals surface area contributed by atoms with Crippen molar-refractivity contribution in [3.8, 4) is 0 Å². The van der Waals surface area contributed by atoms with Gasteiger partial charge in [0.05, 0.1) is 6.33 Å². The molecule has 15 heavy (non-hydrogen) atoms. The van der Waals surface area contributed by atoms with E-state index in [1.807, 2.05) is 16.5 Å². The van der Waals surface area contributed by atoms with E-state index in [0.717, 1.165) is 25.9 Å². The predicted octanol–water partition coefficient (Wildman–Crippen LogP) is 1.44. The second-order valence-electron chi connectivity index (χ2n) is 4.13. The average molecular weight is 207 g/mol. The molecule has 2 rings (SSSR count). The van der Waals surface area contributed by atoms with Crippen LogP contribution >= 0.6 is 0 Å². The Morgan fingerprint density at radius 3 is 2.47 bits per heavy atom. The smallest absolute Gasteiger partial charge is 0.274 e. The number of amides is 1. The molecule has 0 bridgehead atoms. The quantitative estimate of drug-likeness (QED) is 0.698. The van der Waals surface area contributed by atoms with E-state index in [9.17, 15) is 4.79 Å². The lowest BCUT2D eigenvalue weighted by Gasteiger charge is -2.18. The molecule has 0 saturated carbocycles. The zero-order chi connectivity index (χ0) is 10.7. The van der Waals surface area contributed by atoms with Gasteiger partial charge in [-0.05, 0) is 12.8 Å². The van der Waals surface area contributed by atoms with Crippen LogP contribution < -0.4 is 0 Å². The first kappa shape index (κ1) is 10.2. The van der Waals surface area contributed by atoms with Crippen LogP contribution in [0.5, 0.6) is 0 Å². The molecule has 0 spiro atoms. The molecule has 82 valence electrons. The van der Waals surface area contributed by atoms with Crippen LogP contribution in [0.2, 0.25) is 0 Å². The number of likely N-dealkylation sites (tertiary alicyclic amines) is 1. The molecule has 1 aliphatic rings. The molecule has 0 unspecified atom stereocenters. The van der Waals surface area contributed by atoms with E-state index in [1.165, 1.54) is 12.8 Å². The molecule has 1 saturated heterocycles. The van der Waals surface area contributed by atoms with E-state index >= 15 is 0 Å². The summed E-state index contributed by atoms with van der Waals surface area (Å²) >= 11 is 0. The third-order valence-corrected chi connectivity index (χ3v) is 2.82. The Hall–Kier alpha value is -1.32. The fraction of sp³-hybridized carbons (Fsp3) is 0.636. The first-order chi connectivity index (χ1) is 7.27. The Morgan fingerprint density at radius 2 is 1.93 bits per heavy atom. The van der Waals surface area contributed by atoms with Gasteiger partial charge < -0.3 is 9.47 Å². The van der Waals surface area contributed by atoms with Crippen molar-refractivity contribution in [3.05, 3.63) is 18.2 Å². The van der Waals surface area contributed by atoms with Crippen molar-refractivity contribution in [1.29, 1.82) is 0 Å². The van der Waals surface area contributed by atoms with Crippen molar-refractivity contribution in [3.63, 3.8) is 0 Å². The standard InChI is InChI=1S/C11H17N3O/c1-13-8-10(12-9-13)11(15)14-6-4-2-3-5-7-14/h8-9H,2-7H2,1H3. The maximum Gasteiger partial charge on any atom is 0.274 e. The molecule has 0 radical (unpaired) electrons. The third-order valence-electron chi connectivity index (χ3n) is 2.82. The fourth-order valence-corrected chi connectivity index (χ4v) is 1.96. The van der Waals surface area contributed by atoms with Gasteiger partial charge in [0.15, 0.2) is 0 Å². The average Bonchev–Trinajstić information content (AvgIpc) is 2.53. The highest BCUT2D eigenvalue weighted by Gasteiger charge is 2.18. The number of rotatable bonds is 1. The first-order valence-corrected chi connectivity index (χ1v) is 5.54. The van der Waals surface area contributed by atoms with Gasteiger partial charge in [-0.2, -0.15) is 0 Å². The van der Waals surface area contributed by atoms with Crippen LogP contribution in [-0.4, -0.2) is 33.4 Å². The summed E-state index contributed by atoms with van der Waals surface area (Å²) < 4.78 is 1.81. The van der Waals surface area contributed by atoms with Crippen LogP contribution in [0, 0.1) is 0 Å². The lowest BCUT2D eigenvalue weighted by molar-refractivity contribution is 0.0756. The van der Waals surface area contributed by atoms with Crippen molar-refractivity contribution in [2.24, 2.45) is 7.05 Å². The van der Waals surface area contributed by atoms with Crippen molar-refractivity contribution >= 4 is 5.91 Å². The van der Waals surface area contributed by atoms with Gasteiger partial charge in [-0.15, -0.1) is 0 Å². The number of hydrogen-bond acceptors (Lipinski definition) is 2. The number of carbonyl (C=O) groups excluding carboxylic acids is 1. The zero-order valence-corrected chi connectivity index (χ0v) is 9.15. The largest absolute Gasteiger partial charge is 0.340 e. The van der Waals surface area contributed by atoms with Crippen molar-refractivity contribution in [1.82, 2.24) is 14.5 Å². The highest BCUT2D eigenvalue weighted by atomic mass is 16.2. The Morgan fingerprint density at radius 1 is 1.27 bits per heavy atom. The summed E-state index contributed by atoms with van der Waals surface area (Å²) in [4.78, 5) is 18.0. The SMILES string of the molecule is Cn1cnc(C(=O)N2CCCCCC2)c1. The maximum absolute atomic E-state index is 12.0. The molecule has 0 aromatic carbocycles. The van der Waals surface area contributed by atoms with Gasteiger partial charge in [-0.25, -0.2) is 4.98 Å². The molecule has 2 heterocycles. The molecule has 4 nitrogen and oxygen atoms in total. The number of aryl methyl sites for hydroxylation is 1. The van der Waals surface area contributed by atoms with Crippen LogP contribution in [0.15, 0.2) is 12.5 Å². The van der Waals surface area contributed by atoms with Gasteiger partial charge in [0.1, 0.15) is 5.69 Å². The topological polar surface area (TPSA) is 38.1 Å². The Kier molecular flexibility index (Phi) is 3.04. The van der Waals surface area contributed by atoms with E-state index in [2.05, 4.69) is 4.98 Å². The summed E-state index contributed by atoms with van der Waals surface area (Å²) in [5.74, 6) is 0.0810. The molecular weight excluding hydrogens is 190 g/mol. The van der Waals surface area contributed by atoms with Crippen molar-refractivity contribution in [2.75, 3.05) is 13.1 Å². The summed E-state index contributed by atoms with van der Waals surface area (Å²) in [7, 11) is 1.88. The van der Waals surface area contributed by atoms with Crippen LogP contribution in [0.1, 0.15) is 36.2 Å². The van der Waals surface area contributed by atoms with Gasteiger partial charge in [0.25, 0.3) is 5.91 Å². The van der Waals surface area contributed by atoms with Crippen LogP contribution in [0.3, 0.4) is 0 Å². The zero-order valence-electron chi connectivity index (χ0n) is 9.15.